The second-order valence-corrected chi connectivity index (χ2v) is 4.37. The Kier molecular flexibility index (Phi) is 2.73. The van der Waals surface area contributed by atoms with Crippen LogP contribution in [-0.4, -0.2) is 9.55 Å². The van der Waals surface area contributed by atoms with E-state index >= 15 is 0 Å². The maximum absolute atomic E-state index is 12.6. The van der Waals surface area contributed by atoms with Crippen molar-refractivity contribution in [2.24, 2.45) is 7.05 Å². The highest BCUT2D eigenvalue weighted by atomic mass is 79.9. The van der Waals surface area contributed by atoms with Gasteiger partial charge in [-0.1, -0.05) is 15.9 Å². The Bertz CT molecular complexity index is 648. The molecule has 2 rings (SSSR count). The highest BCUT2D eigenvalue weighted by Gasteiger charge is 2.36. The van der Waals surface area contributed by atoms with E-state index in [2.05, 4.69) is 20.9 Å². The molecular weight excluding hydrogens is 301 g/mol. The van der Waals surface area contributed by atoms with E-state index in [1.165, 1.54) is 19.2 Å². The maximum Gasteiger partial charge on any atom is 0.438 e. The summed E-state index contributed by atoms with van der Waals surface area (Å²) in [4.78, 5) is 14.9. The predicted molar refractivity (Wildman–Crippen MR) is 59.7 cm³/mol. The first-order chi connectivity index (χ1) is 7.80. The Morgan fingerprint density at radius 1 is 1.35 bits per heavy atom. The SMILES string of the molecule is Cn1c(=O)c(C(F)(F)F)nc2cc(Br)ccc21. The quantitative estimate of drug-likeness (QED) is 0.750. The number of hydrogen-bond acceptors (Lipinski definition) is 2. The van der Waals surface area contributed by atoms with Crippen LogP contribution in [0.4, 0.5) is 13.2 Å². The van der Waals surface area contributed by atoms with E-state index in [-0.39, 0.29) is 5.52 Å². The largest absolute Gasteiger partial charge is 0.438 e. The van der Waals surface area contributed by atoms with Crippen molar-refractivity contribution >= 4 is 27.0 Å². The Balaban J connectivity index is 2.91. The van der Waals surface area contributed by atoms with E-state index in [4.69, 9.17) is 0 Å². The first kappa shape index (κ1) is 12.1. The van der Waals surface area contributed by atoms with Gasteiger partial charge < -0.3 is 4.57 Å². The minimum atomic E-state index is -4.74. The van der Waals surface area contributed by atoms with Crippen LogP contribution in [0.3, 0.4) is 0 Å². The zero-order valence-electron chi connectivity index (χ0n) is 8.55. The van der Waals surface area contributed by atoms with Crippen molar-refractivity contribution in [2.75, 3.05) is 0 Å². The van der Waals surface area contributed by atoms with Crippen molar-refractivity contribution in [3.63, 3.8) is 0 Å². The fourth-order valence-electron chi connectivity index (χ4n) is 1.49. The zero-order chi connectivity index (χ0) is 12.8. The summed E-state index contributed by atoms with van der Waals surface area (Å²) < 4.78 is 39.3. The lowest BCUT2D eigenvalue weighted by atomic mass is 10.3. The third-order valence-electron chi connectivity index (χ3n) is 2.31. The van der Waals surface area contributed by atoms with Gasteiger partial charge in [-0.05, 0) is 18.2 Å². The van der Waals surface area contributed by atoms with Crippen LogP contribution in [0, 0.1) is 0 Å². The number of halogens is 4. The molecule has 0 saturated carbocycles. The molecule has 90 valence electrons. The second-order valence-electron chi connectivity index (χ2n) is 3.46. The number of rotatable bonds is 0. The van der Waals surface area contributed by atoms with Gasteiger partial charge in [0.2, 0.25) is 5.69 Å². The van der Waals surface area contributed by atoms with E-state index in [0.29, 0.717) is 9.99 Å². The van der Waals surface area contributed by atoms with Gasteiger partial charge in [-0.25, -0.2) is 4.98 Å². The molecule has 1 aromatic heterocycles. The van der Waals surface area contributed by atoms with Crippen LogP contribution in [0.1, 0.15) is 5.69 Å². The van der Waals surface area contributed by atoms with E-state index in [0.717, 1.165) is 4.57 Å². The minimum Gasteiger partial charge on any atom is -0.308 e. The van der Waals surface area contributed by atoms with Gasteiger partial charge in [0.1, 0.15) is 0 Å². The number of fused-ring (bicyclic) bond motifs is 1. The van der Waals surface area contributed by atoms with Gasteiger partial charge in [0.05, 0.1) is 11.0 Å². The summed E-state index contributed by atoms with van der Waals surface area (Å²) in [5, 5.41) is 0. The molecule has 0 radical (unpaired) electrons. The van der Waals surface area contributed by atoms with Crippen LogP contribution in [0.2, 0.25) is 0 Å². The Labute approximate surface area is 102 Å². The first-order valence-corrected chi connectivity index (χ1v) is 5.33. The summed E-state index contributed by atoms with van der Waals surface area (Å²) in [7, 11) is 1.29. The number of benzene rings is 1. The average Bonchev–Trinajstić information content (AvgIpc) is 2.21. The lowest BCUT2D eigenvalue weighted by molar-refractivity contribution is -0.142. The summed E-state index contributed by atoms with van der Waals surface area (Å²) in [6.45, 7) is 0. The molecule has 0 spiro atoms. The molecule has 0 unspecified atom stereocenters. The molecule has 1 heterocycles. The van der Waals surface area contributed by atoms with Gasteiger partial charge in [0.25, 0.3) is 5.56 Å². The van der Waals surface area contributed by atoms with Gasteiger partial charge in [-0.2, -0.15) is 13.2 Å². The van der Waals surface area contributed by atoms with Crippen molar-refractivity contribution < 1.29 is 13.2 Å². The Hall–Kier alpha value is -1.37. The van der Waals surface area contributed by atoms with Gasteiger partial charge >= 0.3 is 6.18 Å². The normalized spacial score (nSPS) is 12.1. The van der Waals surface area contributed by atoms with Crippen LogP contribution in [0.15, 0.2) is 27.5 Å². The molecule has 1 aromatic carbocycles. The zero-order valence-corrected chi connectivity index (χ0v) is 10.1. The van der Waals surface area contributed by atoms with E-state index < -0.39 is 17.4 Å². The minimum absolute atomic E-state index is 0.119. The van der Waals surface area contributed by atoms with Crippen LogP contribution in [0.5, 0.6) is 0 Å². The number of hydrogen-bond donors (Lipinski definition) is 0. The first-order valence-electron chi connectivity index (χ1n) is 4.54. The van der Waals surface area contributed by atoms with E-state index in [1.807, 2.05) is 0 Å². The summed E-state index contributed by atoms with van der Waals surface area (Å²) in [6, 6.07) is 4.61. The van der Waals surface area contributed by atoms with Crippen molar-refractivity contribution in [3.05, 3.63) is 38.7 Å². The highest BCUT2D eigenvalue weighted by Crippen LogP contribution is 2.26. The Morgan fingerprint density at radius 3 is 2.59 bits per heavy atom. The van der Waals surface area contributed by atoms with Gasteiger partial charge in [-0.15, -0.1) is 0 Å². The number of nitrogens with zero attached hydrogens (tertiary/aromatic N) is 2. The Morgan fingerprint density at radius 2 is 2.00 bits per heavy atom. The maximum atomic E-state index is 12.6. The lowest BCUT2D eigenvalue weighted by Crippen LogP contribution is -2.29. The van der Waals surface area contributed by atoms with Crippen molar-refractivity contribution in [3.8, 4) is 0 Å². The molecule has 0 aliphatic rings. The molecule has 7 heteroatoms. The number of aromatic nitrogens is 2. The topological polar surface area (TPSA) is 34.9 Å². The van der Waals surface area contributed by atoms with E-state index in [9.17, 15) is 18.0 Å². The molecule has 0 saturated heterocycles. The lowest BCUT2D eigenvalue weighted by Gasteiger charge is -2.10. The van der Waals surface area contributed by atoms with Crippen LogP contribution < -0.4 is 5.56 Å². The smallest absolute Gasteiger partial charge is 0.308 e. The number of aryl methyl sites for hydroxylation is 1. The molecular formula is C10H6BrF3N2O. The monoisotopic (exact) mass is 306 g/mol. The second kappa shape index (κ2) is 3.83. The van der Waals surface area contributed by atoms with E-state index in [1.54, 1.807) is 6.07 Å². The highest BCUT2D eigenvalue weighted by molar-refractivity contribution is 9.10. The van der Waals surface area contributed by atoms with Gasteiger partial charge in [0.15, 0.2) is 0 Å². The summed E-state index contributed by atoms with van der Waals surface area (Å²) in [5.74, 6) is 0. The molecule has 0 aliphatic carbocycles. The number of alkyl halides is 3. The molecule has 0 aliphatic heterocycles. The molecule has 17 heavy (non-hydrogen) atoms. The van der Waals surface area contributed by atoms with Crippen LogP contribution in [0.25, 0.3) is 11.0 Å². The predicted octanol–water partition coefficient (Wildman–Crippen LogP) is 2.71. The van der Waals surface area contributed by atoms with Crippen molar-refractivity contribution in [2.45, 2.75) is 6.18 Å². The molecule has 3 nitrogen and oxygen atoms in total. The third kappa shape index (κ3) is 2.06. The fraction of sp³-hybridized carbons (Fsp3) is 0.200. The van der Waals surface area contributed by atoms with Crippen LogP contribution >= 0.6 is 15.9 Å². The molecule has 0 fully saturated rings. The average molecular weight is 307 g/mol. The molecule has 0 N–H and O–H groups in total. The van der Waals surface area contributed by atoms with Crippen molar-refractivity contribution in [1.82, 2.24) is 9.55 Å². The molecule has 0 bridgehead atoms. The summed E-state index contributed by atoms with van der Waals surface area (Å²) in [5.41, 5.74) is -2.07. The van der Waals surface area contributed by atoms with Gasteiger partial charge in [0, 0.05) is 11.5 Å². The van der Waals surface area contributed by atoms with Crippen LogP contribution in [-0.2, 0) is 13.2 Å². The standard InChI is InChI=1S/C10H6BrF3N2O/c1-16-7-3-2-5(11)4-6(7)15-8(9(16)17)10(12,13)14/h2-4H,1H3. The fourth-order valence-corrected chi connectivity index (χ4v) is 1.84. The van der Waals surface area contributed by atoms with Crippen molar-refractivity contribution in [1.29, 1.82) is 0 Å². The molecule has 0 atom stereocenters. The summed E-state index contributed by atoms with van der Waals surface area (Å²) >= 11 is 3.14. The molecule has 0 amide bonds. The summed E-state index contributed by atoms with van der Waals surface area (Å²) in [6.07, 6.45) is -4.74. The third-order valence-corrected chi connectivity index (χ3v) is 2.80. The molecule has 2 aromatic rings. The van der Waals surface area contributed by atoms with Gasteiger partial charge in [-0.3, -0.25) is 4.79 Å².